The minimum Gasteiger partial charge on any atom is -0.399 e. The minimum atomic E-state index is -0.735. The van der Waals surface area contributed by atoms with Gasteiger partial charge in [0, 0.05) is 17.9 Å². The first kappa shape index (κ1) is 9.83. The van der Waals surface area contributed by atoms with Crippen molar-refractivity contribution in [1.82, 2.24) is 0 Å². The van der Waals surface area contributed by atoms with E-state index in [0.717, 1.165) is 5.69 Å². The molecule has 0 bridgehead atoms. The molecule has 0 heterocycles. The van der Waals surface area contributed by atoms with Gasteiger partial charge in [-0.15, -0.1) is 0 Å². The van der Waals surface area contributed by atoms with E-state index in [2.05, 4.69) is 5.32 Å². The molecular weight excluding hydrogens is 168 g/mol. The third-order valence-corrected chi connectivity index (χ3v) is 1.64. The summed E-state index contributed by atoms with van der Waals surface area (Å²) in [7, 11) is 0. The number of nitrogen functional groups attached to an aromatic ring is 1. The lowest BCUT2D eigenvalue weighted by Gasteiger charge is -2.10. The van der Waals surface area contributed by atoms with Crippen molar-refractivity contribution in [2.75, 3.05) is 24.2 Å². The second kappa shape index (κ2) is 4.69. The molecule has 0 aliphatic rings. The molecule has 1 aromatic carbocycles. The lowest BCUT2D eigenvalue weighted by Crippen LogP contribution is -2.22. The Balaban J connectivity index is 2.45. The van der Waals surface area contributed by atoms with Crippen molar-refractivity contribution < 1.29 is 10.2 Å². The average molecular weight is 182 g/mol. The van der Waals surface area contributed by atoms with Crippen molar-refractivity contribution in [1.29, 1.82) is 0 Å². The van der Waals surface area contributed by atoms with Gasteiger partial charge in [0.15, 0.2) is 0 Å². The molecule has 1 aromatic rings. The molecule has 0 amide bonds. The van der Waals surface area contributed by atoms with Crippen LogP contribution in [-0.4, -0.2) is 29.5 Å². The van der Waals surface area contributed by atoms with Crippen LogP contribution in [0.3, 0.4) is 0 Å². The fraction of sp³-hybridized carbons (Fsp3) is 0.333. The molecule has 0 spiro atoms. The Morgan fingerprint density at radius 3 is 2.85 bits per heavy atom. The van der Waals surface area contributed by atoms with E-state index in [4.69, 9.17) is 15.9 Å². The molecular formula is C9H14N2O2. The minimum absolute atomic E-state index is 0.241. The van der Waals surface area contributed by atoms with E-state index in [1.165, 1.54) is 0 Å². The van der Waals surface area contributed by atoms with Gasteiger partial charge in [-0.05, 0) is 18.2 Å². The predicted octanol–water partition coefficient (Wildman–Crippen LogP) is 0.0339. The number of nitrogens with two attached hydrogens (primary N) is 1. The van der Waals surface area contributed by atoms with Gasteiger partial charge in [-0.2, -0.15) is 0 Å². The van der Waals surface area contributed by atoms with Crippen LogP contribution in [0.15, 0.2) is 24.3 Å². The van der Waals surface area contributed by atoms with Crippen molar-refractivity contribution >= 4 is 11.4 Å². The Morgan fingerprint density at radius 2 is 2.23 bits per heavy atom. The number of nitrogens with one attached hydrogen (secondary N) is 1. The largest absolute Gasteiger partial charge is 0.399 e. The number of anilines is 2. The summed E-state index contributed by atoms with van der Waals surface area (Å²) < 4.78 is 0. The van der Waals surface area contributed by atoms with E-state index in [1.807, 2.05) is 12.1 Å². The van der Waals surface area contributed by atoms with Gasteiger partial charge in [0.05, 0.1) is 12.7 Å². The van der Waals surface area contributed by atoms with E-state index in [1.54, 1.807) is 12.1 Å². The molecule has 0 fully saturated rings. The summed E-state index contributed by atoms with van der Waals surface area (Å²) in [4.78, 5) is 0. The van der Waals surface area contributed by atoms with Crippen LogP contribution in [-0.2, 0) is 0 Å². The van der Waals surface area contributed by atoms with E-state index in [0.29, 0.717) is 12.2 Å². The first-order valence-electron chi connectivity index (χ1n) is 4.10. The molecule has 0 aliphatic heterocycles. The summed E-state index contributed by atoms with van der Waals surface area (Å²) in [6.07, 6.45) is -0.735. The summed E-state index contributed by atoms with van der Waals surface area (Å²) in [5.74, 6) is 0. The molecule has 0 aliphatic carbocycles. The molecule has 1 atom stereocenters. The van der Waals surface area contributed by atoms with Crippen LogP contribution in [0.1, 0.15) is 0 Å². The third kappa shape index (κ3) is 3.31. The second-order valence-electron chi connectivity index (χ2n) is 2.84. The quantitative estimate of drug-likeness (QED) is 0.495. The van der Waals surface area contributed by atoms with E-state index >= 15 is 0 Å². The Kier molecular flexibility index (Phi) is 3.54. The summed E-state index contributed by atoms with van der Waals surface area (Å²) in [5, 5.41) is 20.5. The molecule has 72 valence electrons. The van der Waals surface area contributed by atoms with Crippen molar-refractivity contribution in [3.05, 3.63) is 24.3 Å². The maximum atomic E-state index is 9.04. The molecule has 1 rings (SSSR count). The van der Waals surface area contributed by atoms with Crippen LogP contribution in [0.25, 0.3) is 0 Å². The van der Waals surface area contributed by atoms with Crippen molar-refractivity contribution in [2.24, 2.45) is 0 Å². The molecule has 0 saturated heterocycles. The molecule has 1 unspecified atom stereocenters. The van der Waals surface area contributed by atoms with Gasteiger partial charge in [-0.3, -0.25) is 0 Å². The van der Waals surface area contributed by atoms with Crippen LogP contribution in [0.2, 0.25) is 0 Å². The van der Waals surface area contributed by atoms with Gasteiger partial charge in [0.2, 0.25) is 0 Å². The van der Waals surface area contributed by atoms with Gasteiger partial charge in [-0.25, -0.2) is 0 Å². The summed E-state index contributed by atoms with van der Waals surface area (Å²) in [6, 6.07) is 7.22. The highest BCUT2D eigenvalue weighted by atomic mass is 16.3. The fourth-order valence-electron chi connectivity index (χ4n) is 0.949. The number of rotatable bonds is 4. The van der Waals surface area contributed by atoms with Crippen molar-refractivity contribution in [3.8, 4) is 0 Å². The van der Waals surface area contributed by atoms with E-state index < -0.39 is 6.10 Å². The smallest absolute Gasteiger partial charge is 0.0942 e. The highest BCUT2D eigenvalue weighted by Crippen LogP contribution is 2.11. The molecule has 13 heavy (non-hydrogen) atoms. The maximum absolute atomic E-state index is 9.04. The van der Waals surface area contributed by atoms with Crippen LogP contribution < -0.4 is 11.1 Å². The topological polar surface area (TPSA) is 78.5 Å². The number of hydrogen-bond acceptors (Lipinski definition) is 4. The van der Waals surface area contributed by atoms with Gasteiger partial charge in [0.25, 0.3) is 0 Å². The zero-order valence-electron chi connectivity index (χ0n) is 7.27. The number of benzene rings is 1. The fourth-order valence-corrected chi connectivity index (χ4v) is 0.949. The molecule has 0 aromatic heterocycles. The van der Waals surface area contributed by atoms with Gasteiger partial charge < -0.3 is 21.3 Å². The average Bonchev–Trinajstić information content (AvgIpc) is 2.14. The molecule has 4 nitrogen and oxygen atoms in total. The highest BCUT2D eigenvalue weighted by molar-refractivity contribution is 5.54. The number of aliphatic hydroxyl groups is 2. The third-order valence-electron chi connectivity index (χ3n) is 1.64. The Hall–Kier alpha value is -1.26. The van der Waals surface area contributed by atoms with E-state index in [-0.39, 0.29) is 6.61 Å². The molecule has 0 saturated carbocycles. The SMILES string of the molecule is Nc1cccc(NCC(O)CO)c1. The summed E-state index contributed by atoms with van der Waals surface area (Å²) in [5.41, 5.74) is 7.06. The van der Waals surface area contributed by atoms with Crippen LogP contribution in [0, 0.1) is 0 Å². The molecule has 5 N–H and O–H groups in total. The van der Waals surface area contributed by atoms with E-state index in [9.17, 15) is 0 Å². The van der Waals surface area contributed by atoms with Crippen molar-refractivity contribution in [3.63, 3.8) is 0 Å². The lowest BCUT2D eigenvalue weighted by atomic mass is 10.2. The monoisotopic (exact) mass is 182 g/mol. The first-order valence-corrected chi connectivity index (χ1v) is 4.10. The Morgan fingerprint density at radius 1 is 1.46 bits per heavy atom. The summed E-state index contributed by atoms with van der Waals surface area (Å²) >= 11 is 0. The lowest BCUT2D eigenvalue weighted by molar-refractivity contribution is 0.105. The molecule has 4 heteroatoms. The second-order valence-corrected chi connectivity index (χ2v) is 2.84. The zero-order chi connectivity index (χ0) is 9.68. The van der Waals surface area contributed by atoms with Gasteiger partial charge in [-0.1, -0.05) is 6.07 Å². The van der Waals surface area contributed by atoms with Crippen molar-refractivity contribution in [2.45, 2.75) is 6.10 Å². The van der Waals surface area contributed by atoms with Gasteiger partial charge >= 0.3 is 0 Å². The maximum Gasteiger partial charge on any atom is 0.0942 e. The number of hydrogen-bond donors (Lipinski definition) is 4. The van der Waals surface area contributed by atoms with Crippen LogP contribution >= 0.6 is 0 Å². The highest BCUT2D eigenvalue weighted by Gasteiger charge is 2.00. The first-order chi connectivity index (χ1) is 6.22. The Labute approximate surface area is 77.0 Å². The van der Waals surface area contributed by atoms with Gasteiger partial charge in [0.1, 0.15) is 0 Å². The normalized spacial score (nSPS) is 12.5. The Bertz CT molecular complexity index is 266. The van der Waals surface area contributed by atoms with Crippen LogP contribution in [0.5, 0.6) is 0 Å². The summed E-state index contributed by atoms with van der Waals surface area (Å²) in [6.45, 7) is 0.0786. The molecule has 0 radical (unpaired) electrons. The number of aliphatic hydroxyl groups excluding tert-OH is 2. The van der Waals surface area contributed by atoms with Crippen LogP contribution in [0.4, 0.5) is 11.4 Å². The zero-order valence-corrected chi connectivity index (χ0v) is 7.27. The predicted molar refractivity (Wildman–Crippen MR) is 52.4 cm³/mol. The standard InChI is InChI=1S/C9H14N2O2/c10-7-2-1-3-8(4-7)11-5-9(13)6-12/h1-4,9,11-13H,5-6,10H2.